The van der Waals surface area contributed by atoms with Crippen molar-refractivity contribution in [2.75, 3.05) is 6.54 Å². The molecule has 2 amide bonds. The monoisotopic (exact) mass is 388 g/mol. The molecule has 0 radical (unpaired) electrons. The number of carbonyl (C=O) groups is 2. The number of carbonyl (C=O) groups excluding carboxylic acids is 2. The van der Waals surface area contributed by atoms with Crippen LogP contribution in [0.15, 0.2) is 59.1 Å². The molecule has 0 aromatic heterocycles. The van der Waals surface area contributed by atoms with E-state index in [0.29, 0.717) is 0 Å². The summed E-state index contributed by atoms with van der Waals surface area (Å²) in [5.41, 5.74) is 2.08. The van der Waals surface area contributed by atoms with E-state index in [0.717, 1.165) is 22.0 Å². The Kier molecular flexibility index (Phi) is 7.00. The van der Waals surface area contributed by atoms with Crippen molar-refractivity contribution in [3.05, 3.63) is 70.2 Å². The molecular formula is C19H21BrN2O2. The number of nitrogens with one attached hydrogen (secondary N) is 2. The number of halogens is 1. The molecular weight excluding hydrogens is 368 g/mol. The zero-order chi connectivity index (χ0) is 17.4. The van der Waals surface area contributed by atoms with E-state index < -0.39 is 0 Å². The van der Waals surface area contributed by atoms with E-state index in [9.17, 15) is 9.59 Å². The third-order valence-corrected chi connectivity index (χ3v) is 4.04. The summed E-state index contributed by atoms with van der Waals surface area (Å²) in [6, 6.07) is 17.5. The molecule has 0 aliphatic carbocycles. The lowest BCUT2D eigenvalue weighted by Gasteiger charge is -2.14. The molecule has 2 aromatic carbocycles. The lowest BCUT2D eigenvalue weighted by molar-refractivity contribution is -0.126. The minimum absolute atomic E-state index is 0.00363. The van der Waals surface area contributed by atoms with Gasteiger partial charge in [0.25, 0.3) is 0 Å². The van der Waals surface area contributed by atoms with Crippen molar-refractivity contribution in [1.82, 2.24) is 10.6 Å². The molecule has 2 rings (SSSR count). The van der Waals surface area contributed by atoms with E-state index >= 15 is 0 Å². The highest BCUT2D eigenvalue weighted by molar-refractivity contribution is 9.10. The van der Waals surface area contributed by atoms with Crippen LogP contribution in [0.4, 0.5) is 0 Å². The second-order valence-electron chi connectivity index (χ2n) is 5.74. The van der Waals surface area contributed by atoms with Crippen LogP contribution in [-0.2, 0) is 22.4 Å². The van der Waals surface area contributed by atoms with Gasteiger partial charge in [-0.15, -0.1) is 0 Å². The highest BCUT2D eigenvalue weighted by Crippen LogP contribution is 2.11. The summed E-state index contributed by atoms with van der Waals surface area (Å²) in [6.07, 6.45) is 1.03. The van der Waals surface area contributed by atoms with Gasteiger partial charge < -0.3 is 10.6 Å². The van der Waals surface area contributed by atoms with Gasteiger partial charge in [0.2, 0.25) is 11.8 Å². The molecule has 0 aliphatic heterocycles. The number of amides is 2. The highest BCUT2D eigenvalue weighted by Gasteiger charge is 2.10. The SMILES string of the molecule is CC(Cc1ccc(Br)cc1)NC(=O)CNC(=O)Cc1ccccc1. The van der Waals surface area contributed by atoms with E-state index in [1.165, 1.54) is 0 Å². The Morgan fingerprint density at radius 1 is 0.958 bits per heavy atom. The fraction of sp³-hybridized carbons (Fsp3) is 0.263. The lowest BCUT2D eigenvalue weighted by atomic mass is 10.1. The predicted molar refractivity (Wildman–Crippen MR) is 98.6 cm³/mol. The third-order valence-electron chi connectivity index (χ3n) is 3.52. The number of hydrogen-bond acceptors (Lipinski definition) is 2. The smallest absolute Gasteiger partial charge is 0.239 e. The van der Waals surface area contributed by atoms with Crippen molar-refractivity contribution in [1.29, 1.82) is 0 Å². The summed E-state index contributed by atoms with van der Waals surface area (Å²) in [6.45, 7) is 1.95. The van der Waals surface area contributed by atoms with Crippen LogP contribution in [0, 0.1) is 0 Å². The van der Waals surface area contributed by atoms with E-state index in [4.69, 9.17) is 0 Å². The minimum Gasteiger partial charge on any atom is -0.352 e. The van der Waals surface area contributed by atoms with Crippen LogP contribution in [0.25, 0.3) is 0 Å². The summed E-state index contributed by atoms with van der Waals surface area (Å²) in [7, 11) is 0. The van der Waals surface area contributed by atoms with Gasteiger partial charge in [-0.25, -0.2) is 0 Å². The van der Waals surface area contributed by atoms with Crippen LogP contribution in [0.1, 0.15) is 18.1 Å². The van der Waals surface area contributed by atoms with Crippen LogP contribution in [-0.4, -0.2) is 24.4 Å². The number of hydrogen-bond donors (Lipinski definition) is 2. The fourth-order valence-electron chi connectivity index (χ4n) is 2.37. The molecule has 0 spiro atoms. The van der Waals surface area contributed by atoms with Crippen LogP contribution < -0.4 is 10.6 Å². The van der Waals surface area contributed by atoms with Gasteiger partial charge in [-0.2, -0.15) is 0 Å². The highest BCUT2D eigenvalue weighted by atomic mass is 79.9. The molecule has 2 N–H and O–H groups in total. The molecule has 126 valence electrons. The average Bonchev–Trinajstić information content (AvgIpc) is 2.56. The molecule has 4 nitrogen and oxygen atoms in total. The molecule has 1 atom stereocenters. The molecule has 5 heteroatoms. The first-order chi connectivity index (χ1) is 11.5. The predicted octanol–water partition coefficient (Wildman–Crippen LogP) is 2.86. The van der Waals surface area contributed by atoms with Gasteiger partial charge in [-0.1, -0.05) is 58.4 Å². The van der Waals surface area contributed by atoms with Crippen LogP contribution in [0.3, 0.4) is 0 Å². The molecule has 0 heterocycles. The number of rotatable bonds is 7. The molecule has 0 fully saturated rings. The molecule has 24 heavy (non-hydrogen) atoms. The van der Waals surface area contributed by atoms with Gasteiger partial charge >= 0.3 is 0 Å². The normalized spacial score (nSPS) is 11.6. The molecule has 0 bridgehead atoms. The van der Waals surface area contributed by atoms with E-state index in [1.807, 2.05) is 61.5 Å². The molecule has 2 aromatic rings. The molecule has 0 aliphatic rings. The first-order valence-electron chi connectivity index (χ1n) is 7.87. The Hall–Kier alpha value is -2.14. The lowest BCUT2D eigenvalue weighted by Crippen LogP contribution is -2.42. The van der Waals surface area contributed by atoms with Gasteiger partial charge in [-0.3, -0.25) is 9.59 Å². The maximum atomic E-state index is 11.9. The largest absolute Gasteiger partial charge is 0.352 e. The Bertz CT molecular complexity index is 672. The zero-order valence-electron chi connectivity index (χ0n) is 13.6. The standard InChI is InChI=1S/C19H21BrN2O2/c1-14(11-16-7-9-17(20)10-8-16)22-19(24)13-21-18(23)12-15-5-3-2-4-6-15/h2-10,14H,11-13H2,1H3,(H,21,23)(H,22,24). The first kappa shape index (κ1) is 18.2. The van der Waals surface area contributed by atoms with Crippen molar-refractivity contribution in [3.63, 3.8) is 0 Å². The van der Waals surface area contributed by atoms with E-state index in [1.54, 1.807) is 0 Å². The maximum absolute atomic E-state index is 11.9. The van der Waals surface area contributed by atoms with Crippen LogP contribution >= 0.6 is 15.9 Å². The summed E-state index contributed by atoms with van der Waals surface area (Å²) < 4.78 is 1.03. The van der Waals surface area contributed by atoms with Gasteiger partial charge in [0.15, 0.2) is 0 Å². The van der Waals surface area contributed by atoms with Gasteiger partial charge in [-0.05, 0) is 36.6 Å². The second kappa shape index (κ2) is 9.23. The van der Waals surface area contributed by atoms with Gasteiger partial charge in [0.1, 0.15) is 0 Å². The summed E-state index contributed by atoms with van der Waals surface area (Å²) in [5, 5.41) is 5.55. The second-order valence-corrected chi connectivity index (χ2v) is 6.65. The zero-order valence-corrected chi connectivity index (χ0v) is 15.2. The quantitative estimate of drug-likeness (QED) is 0.765. The third kappa shape index (κ3) is 6.54. The Morgan fingerprint density at radius 3 is 2.29 bits per heavy atom. The minimum atomic E-state index is -0.180. The van der Waals surface area contributed by atoms with E-state index in [2.05, 4.69) is 26.6 Å². The Morgan fingerprint density at radius 2 is 1.62 bits per heavy atom. The van der Waals surface area contributed by atoms with E-state index in [-0.39, 0.29) is 30.8 Å². The van der Waals surface area contributed by atoms with Gasteiger partial charge in [0.05, 0.1) is 13.0 Å². The Balaban J connectivity index is 1.70. The Labute approximate surface area is 150 Å². The summed E-state index contributed by atoms with van der Waals surface area (Å²) >= 11 is 3.40. The van der Waals surface area contributed by atoms with Gasteiger partial charge in [0, 0.05) is 10.5 Å². The molecule has 1 unspecified atom stereocenters. The fourth-order valence-corrected chi connectivity index (χ4v) is 2.64. The molecule has 0 saturated carbocycles. The van der Waals surface area contributed by atoms with Crippen molar-refractivity contribution in [3.8, 4) is 0 Å². The summed E-state index contributed by atoms with van der Waals surface area (Å²) in [5.74, 6) is -0.335. The van der Waals surface area contributed by atoms with Crippen molar-refractivity contribution in [2.24, 2.45) is 0 Å². The van der Waals surface area contributed by atoms with Crippen molar-refractivity contribution < 1.29 is 9.59 Å². The van der Waals surface area contributed by atoms with Crippen molar-refractivity contribution >= 4 is 27.7 Å². The number of benzene rings is 2. The van der Waals surface area contributed by atoms with Crippen molar-refractivity contribution in [2.45, 2.75) is 25.8 Å². The average molecular weight is 389 g/mol. The van der Waals surface area contributed by atoms with Crippen LogP contribution in [0.2, 0.25) is 0 Å². The first-order valence-corrected chi connectivity index (χ1v) is 8.66. The summed E-state index contributed by atoms with van der Waals surface area (Å²) in [4.78, 5) is 23.8. The topological polar surface area (TPSA) is 58.2 Å². The van der Waals surface area contributed by atoms with Crippen LogP contribution in [0.5, 0.6) is 0 Å². The maximum Gasteiger partial charge on any atom is 0.239 e. The molecule has 0 saturated heterocycles.